The summed E-state index contributed by atoms with van der Waals surface area (Å²) in [6.45, 7) is 0.582. The molecule has 2 aromatic heterocycles. The molecule has 0 unspecified atom stereocenters. The number of hydrogen-bond donors (Lipinski definition) is 1. The smallest absolute Gasteiger partial charge is 0.244 e. The normalized spacial score (nSPS) is 11.1. The summed E-state index contributed by atoms with van der Waals surface area (Å²) in [4.78, 5) is 15.6. The summed E-state index contributed by atoms with van der Waals surface area (Å²) < 4.78 is 8.06. The van der Waals surface area contributed by atoms with E-state index in [1.165, 1.54) is 6.08 Å². The van der Waals surface area contributed by atoms with Crippen molar-refractivity contribution in [3.8, 4) is 0 Å². The standard InChI is InChI=1S/C13H14IN3O2/c1-17-9-15-8-10(17)6-7-16-13(18)5-3-11-2-4-12(14)19-11/h2-5,8-9H,6-7H2,1H3,(H,16,18)/b5-3+. The number of hydrogen-bond acceptors (Lipinski definition) is 3. The van der Waals surface area contributed by atoms with Gasteiger partial charge in [0.15, 0.2) is 3.77 Å². The van der Waals surface area contributed by atoms with Gasteiger partial charge in [-0.25, -0.2) is 4.98 Å². The molecule has 0 fully saturated rings. The quantitative estimate of drug-likeness (QED) is 0.646. The van der Waals surface area contributed by atoms with E-state index in [0.29, 0.717) is 12.3 Å². The van der Waals surface area contributed by atoms with E-state index in [2.05, 4.69) is 32.9 Å². The number of halogens is 1. The number of rotatable bonds is 5. The van der Waals surface area contributed by atoms with E-state index < -0.39 is 0 Å². The van der Waals surface area contributed by atoms with Crippen LogP contribution in [0.2, 0.25) is 0 Å². The van der Waals surface area contributed by atoms with Crippen molar-refractivity contribution in [2.75, 3.05) is 6.54 Å². The SMILES string of the molecule is Cn1cncc1CCNC(=O)/C=C/c1ccc(I)o1. The second-order valence-electron chi connectivity index (χ2n) is 4.01. The minimum Gasteiger partial charge on any atom is -0.451 e. The second kappa shape index (κ2) is 6.55. The fourth-order valence-electron chi connectivity index (χ4n) is 1.57. The monoisotopic (exact) mass is 371 g/mol. The van der Waals surface area contributed by atoms with E-state index in [4.69, 9.17) is 4.42 Å². The lowest BCUT2D eigenvalue weighted by atomic mass is 10.3. The Morgan fingerprint density at radius 3 is 3.05 bits per heavy atom. The van der Waals surface area contributed by atoms with Crippen molar-refractivity contribution < 1.29 is 9.21 Å². The van der Waals surface area contributed by atoms with Gasteiger partial charge in [-0.2, -0.15) is 0 Å². The summed E-state index contributed by atoms with van der Waals surface area (Å²) in [7, 11) is 1.93. The first-order valence-corrected chi connectivity index (χ1v) is 6.89. The Labute approximate surface area is 124 Å². The van der Waals surface area contributed by atoms with Crippen molar-refractivity contribution in [1.29, 1.82) is 0 Å². The third-order valence-corrected chi connectivity index (χ3v) is 3.17. The van der Waals surface area contributed by atoms with Gasteiger partial charge in [0.05, 0.1) is 6.33 Å². The van der Waals surface area contributed by atoms with Gasteiger partial charge in [0, 0.05) is 38.0 Å². The van der Waals surface area contributed by atoms with Gasteiger partial charge in [-0.1, -0.05) is 0 Å². The molecule has 0 aliphatic rings. The first-order valence-electron chi connectivity index (χ1n) is 5.81. The summed E-state index contributed by atoms with van der Waals surface area (Å²) >= 11 is 2.08. The van der Waals surface area contributed by atoms with Gasteiger partial charge >= 0.3 is 0 Å². The number of carbonyl (C=O) groups excluding carboxylic acids is 1. The number of furan rings is 1. The van der Waals surface area contributed by atoms with Crippen LogP contribution in [0, 0.1) is 3.77 Å². The summed E-state index contributed by atoms with van der Waals surface area (Å²) in [6.07, 6.45) is 7.43. The highest BCUT2D eigenvalue weighted by Gasteiger charge is 2.00. The summed E-state index contributed by atoms with van der Waals surface area (Å²) in [5, 5.41) is 2.81. The van der Waals surface area contributed by atoms with E-state index in [1.54, 1.807) is 18.6 Å². The maximum absolute atomic E-state index is 11.6. The minimum absolute atomic E-state index is 0.131. The third-order valence-electron chi connectivity index (χ3n) is 2.59. The lowest BCUT2D eigenvalue weighted by Crippen LogP contribution is -2.24. The molecule has 1 amide bonds. The zero-order valence-corrected chi connectivity index (χ0v) is 12.6. The van der Waals surface area contributed by atoms with Crippen LogP contribution in [0.1, 0.15) is 11.5 Å². The fraction of sp³-hybridized carbons (Fsp3) is 0.231. The van der Waals surface area contributed by atoms with Crippen LogP contribution in [0.25, 0.3) is 6.08 Å². The fourth-order valence-corrected chi connectivity index (χ4v) is 2.01. The molecule has 0 radical (unpaired) electrons. The number of aromatic nitrogens is 2. The third kappa shape index (κ3) is 4.23. The van der Waals surface area contributed by atoms with Crippen molar-refractivity contribution in [2.24, 2.45) is 7.05 Å². The van der Waals surface area contributed by atoms with Crippen LogP contribution in [0.3, 0.4) is 0 Å². The molecule has 19 heavy (non-hydrogen) atoms. The molecule has 0 spiro atoms. The molecular weight excluding hydrogens is 357 g/mol. The molecule has 0 atom stereocenters. The maximum atomic E-state index is 11.6. The first kappa shape index (κ1) is 13.9. The lowest BCUT2D eigenvalue weighted by Gasteiger charge is -2.02. The van der Waals surface area contributed by atoms with Crippen molar-refractivity contribution in [2.45, 2.75) is 6.42 Å². The molecule has 0 bridgehead atoms. The maximum Gasteiger partial charge on any atom is 0.244 e. The highest BCUT2D eigenvalue weighted by molar-refractivity contribution is 14.1. The molecule has 100 valence electrons. The molecule has 0 aliphatic carbocycles. The average molecular weight is 371 g/mol. The molecule has 0 saturated carbocycles. The Kier molecular flexibility index (Phi) is 4.78. The van der Waals surface area contributed by atoms with E-state index >= 15 is 0 Å². The van der Waals surface area contributed by atoms with E-state index in [0.717, 1.165) is 15.9 Å². The molecular formula is C13H14IN3O2. The lowest BCUT2D eigenvalue weighted by molar-refractivity contribution is -0.116. The van der Waals surface area contributed by atoms with Gasteiger partial charge < -0.3 is 14.3 Å². The van der Waals surface area contributed by atoms with Gasteiger partial charge in [-0.15, -0.1) is 0 Å². The molecule has 2 rings (SSSR count). The van der Waals surface area contributed by atoms with Crippen LogP contribution >= 0.6 is 22.6 Å². The number of imidazole rings is 1. The number of carbonyl (C=O) groups is 1. The highest BCUT2D eigenvalue weighted by Crippen LogP contribution is 2.11. The van der Waals surface area contributed by atoms with Gasteiger partial charge in [-0.05, 0) is 40.8 Å². The van der Waals surface area contributed by atoms with Gasteiger partial charge in [0.1, 0.15) is 5.76 Å². The first-order chi connectivity index (χ1) is 9.15. The number of nitrogens with one attached hydrogen (secondary N) is 1. The molecule has 0 aromatic carbocycles. The Balaban J connectivity index is 1.76. The van der Waals surface area contributed by atoms with Gasteiger partial charge in [0.2, 0.25) is 5.91 Å². The van der Waals surface area contributed by atoms with Crippen molar-refractivity contribution in [3.05, 3.63) is 46.0 Å². The van der Waals surface area contributed by atoms with Crippen LogP contribution in [-0.2, 0) is 18.3 Å². The summed E-state index contributed by atoms with van der Waals surface area (Å²) in [5.41, 5.74) is 1.09. The highest BCUT2D eigenvalue weighted by atomic mass is 127. The predicted molar refractivity (Wildman–Crippen MR) is 80.4 cm³/mol. The zero-order valence-electron chi connectivity index (χ0n) is 10.5. The van der Waals surface area contributed by atoms with E-state index in [1.807, 2.05) is 23.7 Å². The Morgan fingerprint density at radius 2 is 2.42 bits per heavy atom. The average Bonchev–Trinajstić information content (AvgIpc) is 2.96. The zero-order chi connectivity index (χ0) is 13.7. The Morgan fingerprint density at radius 1 is 1.58 bits per heavy atom. The van der Waals surface area contributed by atoms with Crippen LogP contribution < -0.4 is 5.32 Å². The summed E-state index contributed by atoms with van der Waals surface area (Å²) in [5.74, 6) is 0.541. The predicted octanol–water partition coefficient (Wildman–Crippen LogP) is 1.99. The van der Waals surface area contributed by atoms with Crippen LogP contribution in [0.4, 0.5) is 0 Å². The molecule has 0 saturated heterocycles. The van der Waals surface area contributed by atoms with Crippen LogP contribution in [-0.4, -0.2) is 22.0 Å². The second-order valence-corrected chi connectivity index (χ2v) is 5.08. The van der Waals surface area contributed by atoms with E-state index in [-0.39, 0.29) is 5.91 Å². The Hall–Kier alpha value is -1.57. The van der Waals surface area contributed by atoms with Crippen molar-refractivity contribution in [3.63, 3.8) is 0 Å². The molecule has 2 aromatic rings. The molecule has 5 nitrogen and oxygen atoms in total. The minimum atomic E-state index is -0.131. The largest absolute Gasteiger partial charge is 0.451 e. The molecule has 0 aliphatic heterocycles. The van der Waals surface area contributed by atoms with Gasteiger partial charge in [-0.3, -0.25) is 4.79 Å². The molecule has 6 heteroatoms. The van der Waals surface area contributed by atoms with Crippen LogP contribution in [0.15, 0.2) is 35.2 Å². The van der Waals surface area contributed by atoms with Crippen molar-refractivity contribution >= 4 is 34.6 Å². The van der Waals surface area contributed by atoms with E-state index in [9.17, 15) is 4.79 Å². The van der Waals surface area contributed by atoms with Crippen LogP contribution in [0.5, 0.6) is 0 Å². The Bertz CT molecular complexity index is 586. The number of amides is 1. The number of aryl methyl sites for hydroxylation is 1. The summed E-state index contributed by atoms with van der Waals surface area (Å²) in [6, 6.07) is 3.67. The molecule has 2 heterocycles. The molecule has 1 N–H and O–H groups in total. The topological polar surface area (TPSA) is 60.1 Å². The number of nitrogens with zero attached hydrogens (tertiary/aromatic N) is 2. The van der Waals surface area contributed by atoms with Gasteiger partial charge in [0.25, 0.3) is 0 Å². The van der Waals surface area contributed by atoms with Crippen molar-refractivity contribution in [1.82, 2.24) is 14.9 Å².